The summed E-state index contributed by atoms with van der Waals surface area (Å²) in [4.78, 5) is 33.8. The number of rotatable bonds is 4. The van der Waals surface area contributed by atoms with E-state index < -0.39 is 5.60 Å². The highest BCUT2D eigenvalue weighted by molar-refractivity contribution is 6.30. The van der Waals surface area contributed by atoms with Gasteiger partial charge in [0.1, 0.15) is 5.60 Å². The van der Waals surface area contributed by atoms with E-state index in [1.165, 1.54) is 11.3 Å². The zero-order valence-corrected chi connectivity index (χ0v) is 21.6. The summed E-state index contributed by atoms with van der Waals surface area (Å²) in [6, 6.07) is 6.15. The van der Waals surface area contributed by atoms with Crippen LogP contribution in [-0.2, 0) is 16.1 Å². The van der Waals surface area contributed by atoms with E-state index >= 15 is 0 Å². The molecular formula is C26H39ClN4O3. The SMILES string of the molecule is CC(C)(C)OC(=O)N1CCN(Cc2ccc(Cl)cc2N2CCC(C(=O)N3CCCC3)CC2)CC1. The number of halogens is 1. The molecule has 3 fully saturated rings. The first-order valence-electron chi connectivity index (χ1n) is 12.7. The van der Waals surface area contributed by atoms with Crippen molar-refractivity contribution in [2.24, 2.45) is 5.92 Å². The van der Waals surface area contributed by atoms with Crippen LogP contribution in [0.15, 0.2) is 18.2 Å². The summed E-state index contributed by atoms with van der Waals surface area (Å²) in [5.74, 6) is 0.504. The van der Waals surface area contributed by atoms with Gasteiger partial charge in [-0.05, 0) is 64.2 Å². The topological polar surface area (TPSA) is 56.3 Å². The van der Waals surface area contributed by atoms with Crippen LogP contribution in [0, 0.1) is 5.92 Å². The number of hydrogen-bond donors (Lipinski definition) is 0. The average Bonchev–Trinajstić information content (AvgIpc) is 3.34. The second-order valence-corrected chi connectivity index (χ2v) is 11.2. The molecule has 0 radical (unpaired) electrons. The quantitative estimate of drug-likeness (QED) is 0.632. The Bertz CT molecular complexity index is 865. The number of benzene rings is 1. The van der Waals surface area contributed by atoms with E-state index in [2.05, 4.69) is 26.8 Å². The van der Waals surface area contributed by atoms with Gasteiger partial charge in [-0.2, -0.15) is 0 Å². The van der Waals surface area contributed by atoms with Gasteiger partial charge in [-0.15, -0.1) is 0 Å². The lowest BCUT2D eigenvalue weighted by molar-refractivity contribution is -0.135. The van der Waals surface area contributed by atoms with Crippen molar-refractivity contribution < 1.29 is 14.3 Å². The van der Waals surface area contributed by atoms with Crippen molar-refractivity contribution in [3.63, 3.8) is 0 Å². The number of likely N-dealkylation sites (tertiary alicyclic amines) is 1. The summed E-state index contributed by atoms with van der Waals surface area (Å²) < 4.78 is 5.52. The molecule has 34 heavy (non-hydrogen) atoms. The molecule has 0 bridgehead atoms. The van der Waals surface area contributed by atoms with E-state index in [0.29, 0.717) is 19.0 Å². The third-order valence-electron chi connectivity index (χ3n) is 7.07. The van der Waals surface area contributed by atoms with Gasteiger partial charge >= 0.3 is 6.09 Å². The zero-order chi connectivity index (χ0) is 24.3. The molecule has 3 saturated heterocycles. The van der Waals surface area contributed by atoms with Crippen LogP contribution in [0.3, 0.4) is 0 Å². The highest BCUT2D eigenvalue weighted by atomic mass is 35.5. The number of anilines is 1. The largest absolute Gasteiger partial charge is 0.444 e. The van der Waals surface area contributed by atoms with Crippen molar-refractivity contribution in [2.75, 3.05) is 57.3 Å². The molecule has 188 valence electrons. The van der Waals surface area contributed by atoms with Crippen LogP contribution in [0.4, 0.5) is 10.5 Å². The lowest BCUT2D eigenvalue weighted by atomic mass is 9.94. The fourth-order valence-corrected chi connectivity index (χ4v) is 5.35. The van der Waals surface area contributed by atoms with Crippen LogP contribution in [-0.4, -0.2) is 84.7 Å². The predicted molar refractivity (Wildman–Crippen MR) is 135 cm³/mol. The number of nitrogens with zero attached hydrogens (tertiary/aromatic N) is 4. The third kappa shape index (κ3) is 6.36. The Labute approximate surface area is 208 Å². The van der Waals surface area contributed by atoms with Crippen molar-refractivity contribution in [1.82, 2.24) is 14.7 Å². The maximum absolute atomic E-state index is 12.8. The molecule has 0 aromatic heterocycles. The first-order chi connectivity index (χ1) is 16.2. The summed E-state index contributed by atoms with van der Waals surface area (Å²) in [7, 11) is 0. The minimum Gasteiger partial charge on any atom is -0.444 e. The van der Waals surface area contributed by atoms with E-state index in [4.69, 9.17) is 16.3 Å². The smallest absolute Gasteiger partial charge is 0.410 e. The number of carbonyl (C=O) groups is 2. The fourth-order valence-electron chi connectivity index (χ4n) is 5.18. The van der Waals surface area contributed by atoms with Crippen molar-refractivity contribution in [3.8, 4) is 0 Å². The van der Waals surface area contributed by atoms with Crippen molar-refractivity contribution >= 4 is 29.3 Å². The first kappa shape index (κ1) is 25.1. The second-order valence-electron chi connectivity index (χ2n) is 10.8. The second kappa shape index (κ2) is 10.7. The van der Waals surface area contributed by atoms with Gasteiger partial charge in [-0.25, -0.2) is 4.79 Å². The molecule has 3 aliphatic rings. The minimum absolute atomic E-state index is 0.151. The molecule has 1 aromatic carbocycles. The van der Waals surface area contributed by atoms with Crippen LogP contribution in [0.5, 0.6) is 0 Å². The molecule has 0 spiro atoms. The van der Waals surface area contributed by atoms with Crippen molar-refractivity contribution in [1.29, 1.82) is 0 Å². The van der Waals surface area contributed by atoms with Gasteiger partial charge in [0.25, 0.3) is 0 Å². The average molecular weight is 491 g/mol. The van der Waals surface area contributed by atoms with Gasteiger partial charge in [0.05, 0.1) is 0 Å². The number of carbonyl (C=O) groups excluding carboxylic acids is 2. The maximum Gasteiger partial charge on any atom is 0.410 e. The summed E-state index contributed by atoms with van der Waals surface area (Å²) in [5.41, 5.74) is 1.95. The van der Waals surface area contributed by atoms with Crippen molar-refractivity contribution in [2.45, 2.75) is 58.6 Å². The minimum atomic E-state index is -0.473. The molecule has 8 heteroatoms. The van der Waals surface area contributed by atoms with Gasteiger partial charge in [-0.3, -0.25) is 9.69 Å². The Morgan fingerprint density at radius 3 is 2.21 bits per heavy atom. The van der Waals surface area contributed by atoms with Gasteiger partial charge < -0.3 is 19.4 Å². The lowest BCUT2D eigenvalue weighted by Gasteiger charge is -2.38. The molecule has 3 aliphatic heterocycles. The monoisotopic (exact) mass is 490 g/mol. The molecule has 2 amide bonds. The molecule has 7 nitrogen and oxygen atoms in total. The van der Waals surface area contributed by atoms with Crippen LogP contribution in [0.25, 0.3) is 0 Å². The normalized spacial score (nSPS) is 20.6. The van der Waals surface area contributed by atoms with Crippen LogP contribution >= 0.6 is 11.6 Å². The number of amides is 2. The molecular weight excluding hydrogens is 452 g/mol. The summed E-state index contributed by atoms with van der Waals surface area (Å²) in [6.07, 6.45) is 3.85. The summed E-state index contributed by atoms with van der Waals surface area (Å²) >= 11 is 6.39. The molecule has 0 unspecified atom stereocenters. The Kier molecular flexibility index (Phi) is 7.93. The van der Waals surface area contributed by atoms with Gasteiger partial charge in [0, 0.05) is 75.5 Å². The molecule has 1 aromatic rings. The molecule has 4 rings (SSSR count). The van der Waals surface area contributed by atoms with E-state index in [1.807, 2.05) is 26.8 Å². The number of hydrogen-bond acceptors (Lipinski definition) is 5. The Balaban J connectivity index is 1.33. The highest BCUT2D eigenvalue weighted by Crippen LogP contribution is 2.31. The first-order valence-corrected chi connectivity index (χ1v) is 13.1. The summed E-state index contributed by atoms with van der Waals surface area (Å²) in [6.45, 7) is 13.1. The van der Waals surface area contributed by atoms with Gasteiger partial charge in [-0.1, -0.05) is 17.7 Å². The van der Waals surface area contributed by atoms with E-state index in [1.54, 1.807) is 4.90 Å². The number of piperazine rings is 1. The van der Waals surface area contributed by atoms with E-state index in [9.17, 15) is 9.59 Å². The molecule has 3 heterocycles. The number of ether oxygens (including phenoxy) is 1. The standard InChI is InChI=1S/C26H39ClN4O3/c1-26(2,3)34-25(33)31-16-14-28(15-17-31)19-21-6-7-22(27)18-23(21)29-12-8-20(9-13-29)24(32)30-10-4-5-11-30/h6-7,18,20H,4-5,8-17,19H2,1-3H3. The van der Waals surface area contributed by atoms with Crippen LogP contribution in [0.2, 0.25) is 5.02 Å². The summed E-state index contributed by atoms with van der Waals surface area (Å²) in [5, 5.41) is 0.740. The van der Waals surface area contributed by atoms with E-state index in [0.717, 1.165) is 76.5 Å². The van der Waals surface area contributed by atoms with Gasteiger partial charge in [0.2, 0.25) is 5.91 Å². The Morgan fingerprint density at radius 2 is 1.59 bits per heavy atom. The van der Waals surface area contributed by atoms with Crippen LogP contribution in [0.1, 0.15) is 52.0 Å². The molecule has 0 N–H and O–H groups in total. The van der Waals surface area contributed by atoms with E-state index in [-0.39, 0.29) is 12.0 Å². The predicted octanol–water partition coefficient (Wildman–Crippen LogP) is 4.23. The van der Waals surface area contributed by atoms with Crippen molar-refractivity contribution in [3.05, 3.63) is 28.8 Å². The lowest BCUT2D eigenvalue weighted by Crippen LogP contribution is -2.49. The highest BCUT2D eigenvalue weighted by Gasteiger charge is 2.31. The zero-order valence-electron chi connectivity index (χ0n) is 20.9. The van der Waals surface area contributed by atoms with Crippen LogP contribution < -0.4 is 4.90 Å². The van der Waals surface area contributed by atoms with Gasteiger partial charge in [0.15, 0.2) is 0 Å². The Morgan fingerprint density at radius 1 is 0.941 bits per heavy atom. The maximum atomic E-state index is 12.8. The molecule has 0 saturated carbocycles. The number of piperidine rings is 1. The Hall–Kier alpha value is -1.99. The third-order valence-corrected chi connectivity index (χ3v) is 7.30. The molecule has 0 aliphatic carbocycles. The fraction of sp³-hybridized carbons (Fsp3) is 0.692. The molecule has 0 atom stereocenters.